The summed E-state index contributed by atoms with van der Waals surface area (Å²) in [5, 5.41) is 14.6. The van der Waals surface area contributed by atoms with Gasteiger partial charge in [0.2, 0.25) is 0 Å². The molecule has 0 fully saturated rings. The number of hydrogen-bond donors (Lipinski definition) is 1. The summed E-state index contributed by atoms with van der Waals surface area (Å²) < 4.78 is 39.0. The lowest BCUT2D eigenvalue weighted by Gasteiger charge is -2.34. The van der Waals surface area contributed by atoms with Crippen LogP contribution in [0.1, 0.15) is 6.42 Å². The zero-order valence-electron chi connectivity index (χ0n) is 9.15. The summed E-state index contributed by atoms with van der Waals surface area (Å²) in [4.78, 5) is 0. The summed E-state index contributed by atoms with van der Waals surface area (Å²) in [5.74, 6) is 0. The molecule has 0 aromatic heterocycles. The molecule has 0 saturated carbocycles. The van der Waals surface area contributed by atoms with Crippen LogP contribution < -0.4 is 5.01 Å². The van der Waals surface area contributed by atoms with E-state index in [9.17, 15) is 18.3 Å². The van der Waals surface area contributed by atoms with Crippen molar-refractivity contribution in [3.63, 3.8) is 0 Å². The van der Waals surface area contributed by atoms with E-state index >= 15 is 0 Å². The fraction of sp³-hybridized carbons (Fsp3) is 0.364. The number of halogens is 4. The minimum atomic E-state index is -4.78. The number of benzene rings is 1. The summed E-state index contributed by atoms with van der Waals surface area (Å²) in [6, 6.07) is 7.80. The number of hydrogen-bond acceptors (Lipinski definition) is 3. The average molecular weight is 323 g/mol. The standard InChI is InChI=1S/C11H10BrF3N2O/c12-7-8-6-10(18,11(13,14)15)17(16-8)9-4-2-1-3-5-9/h1-5,18H,6-7H2/t10-/m0/s1. The Hall–Kier alpha value is -1.08. The number of para-hydroxylation sites is 1. The van der Waals surface area contributed by atoms with Crippen molar-refractivity contribution < 1.29 is 18.3 Å². The van der Waals surface area contributed by atoms with Crippen LogP contribution in [0.25, 0.3) is 0 Å². The monoisotopic (exact) mass is 322 g/mol. The third-order valence-corrected chi connectivity index (χ3v) is 3.30. The van der Waals surface area contributed by atoms with E-state index < -0.39 is 18.3 Å². The fourth-order valence-corrected chi connectivity index (χ4v) is 2.06. The molecule has 0 saturated heterocycles. The fourth-order valence-electron chi connectivity index (χ4n) is 1.75. The highest BCUT2D eigenvalue weighted by molar-refractivity contribution is 9.09. The number of aliphatic hydroxyl groups is 1. The maximum absolute atomic E-state index is 13.0. The summed E-state index contributed by atoms with van der Waals surface area (Å²) >= 11 is 3.06. The lowest BCUT2D eigenvalue weighted by atomic mass is 10.1. The second-order valence-corrected chi connectivity index (χ2v) is 4.50. The molecule has 0 radical (unpaired) electrons. The van der Waals surface area contributed by atoms with E-state index in [-0.39, 0.29) is 16.7 Å². The van der Waals surface area contributed by atoms with Crippen molar-refractivity contribution >= 4 is 27.3 Å². The van der Waals surface area contributed by atoms with Gasteiger partial charge >= 0.3 is 6.18 Å². The minimum Gasteiger partial charge on any atom is -0.362 e. The predicted molar refractivity (Wildman–Crippen MR) is 65.8 cm³/mol. The van der Waals surface area contributed by atoms with Crippen molar-refractivity contribution in [3.8, 4) is 0 Å². The van der Waals surface area contributed by atoms with Crippen molar-refractivity contribution in [3.05, 3.63) is 30.3 Å². The van der Waals surface area contributed by atoms with Crippen LogP contribution in [0.5, 0.6) is 0 Å². The highest BCUT2D eigenvalue weighted by atomic mass is 79.9. The molecule has 2 rings (SSSR count). The Labute approximate surface area is 110 Å². The number of anilines is 1. The van der Waals surface area contributed by atoms with Crippen LogP contribution in [-0.2, 0) is 0 Å². The summed E-state index contributed by atoms with van der Waals surface area (Å²) in [5.41, 5.74) is -2.52. The number of alkyl halides is 4. The Morgan fingerprint density at radius 3 is 2.44 bits per heavy atom. The van der Waals surface area contributed by atoms with Crippen LogP contribution in [0, 0.1) is 0 Å². The molecule has 1 aliphatic heterocycles. The maximum atomic E-state index is 13.0. The van der Waals surface area contributed by atoms with Gasteiger partial charge in [-0.2, -0.15) is 18.3 Å². The molecule has 1 aromatic rings. The van der Waals surface area contributed by atoms with Crippen LogP contribution in [0.3, 0.4) is 0 Å². The van der Waals surface area contributed by atoms with Gasteiger partial charge < -0.3 is 5.11 Å². The first kappa shape index (κ1) is 13.4. The second kappa shape index (κ2) is 4.55. The summed E-state index contributed by atoms with van der Waals surface area (Å²) in [6.45, 7) is 0. The molecule has 3 nitrogen and oxygen atoms in total. The normalized spacial score (nSPS) is 24.3. The van der Waals surface area contributed by atoms with Gasteiger partial charge in [-0.3, -0.25) is 0 Å². The van der Waals surface area contributed by atoms with Gasteiger partial charge in [0.15, 0.2) is 0 Å². The third kappa shape index (κ3) is 2.12. The van der Waals surface area contributed by atoms with Gasteiger partial charge in [0.05, 0.1) is 11.4 Å². The van der Waals surface area contributed by atoms with Crippen LogP contribution in [-0.4, -0.2) is 28.0 Å². The number of rotatable bonds is 2. The molecular formula is C11H10BrF3N2O. The van der Waals surface area contributed by atoms with Crippen molar-refractivity contribution in [2.45, 2.75) is 18.3 Å². The van der Waals surface area contributed by atoms with Crippen LogP contribution >= 0.6 is 15.9 Å². The molecule has 98 valence electrons. The third-order valence-electron chi connectivity index (χ3n) is 2.65. The molecule has 7 heteroatoms. The van der Waals surface area contributed by atoms with Gasteiger partial charge in [-0.15, -0.1) is 0 Å². The zero-order chi connectivity index (χ0) is 13.4. The Morgan fingerprint density at radius 2 is 1.94 bits per heavy atom. The van der Waals surface area contributed by atoms with E-state index in [4.69, 9.17) is 0 Å². The first-order chi connectivity index (χ1) is 8.38. The highest BCUT2D eigenvalue weighted by Crippen LogP contribution is 2.42. The number of nitrogens with zero attached hydrogens (tertiary/aromatic N) is 2. The first-order valence-corrected chi connectivity index (χ1v) is 6.27. The van der Waals surface area contributed by atoms with Gasteiger partial charge in [0.25, 0.3) is 5.72 Å². The molecule has 1 aromatic carbocycles. The second-order valence-electron chi connectivity index (χ2n) is 3.94. The zero-order valence-corrected chi connectivity index (χ0v) is 10.7. The smallest absolute Gasteiger partial charge is 0.362 e. The molecule has 18 heavy (non-hydrogen) atoms. The predicted octanol–water partition coefficient (Wildman–Crippen LogP) is 2.90. The van der Waals surface area contributed by atoms with Gasteiger partial charge in [-0.1, -0.05) is 34.1 Å². The van der Waals surface area contributed by atoms with Crippen molar-refractivity contribution in [1.29, 1.82) is 0 Å². The van der Waals surface area contributed by atoms with Crippen LogP contribution in [0.15, 0.2) is 35.4 Å². The molecule has 0 unspecified atom stereocenters. The van der Waals surface area contributed by atoms with Crippen molar-refractivity contribution in [2.75, 3.05) is 10.3 Å². The summed E-state index contributed by atoms with van der Waals surface area (Å²) in [7, 11) is 0. The van der Waals surface area contributed by atoms with Crippen LogP contribution in [0.4, 0.5) is 18.9 Å². The van der Waals surface area contributed by atoms with Crippen molar-refractivity contribution in [2.24, 2.45) is 5.10 Å². The van der Waals surface area contributed by atoms with E-state index in [1.54, 1.807) is 18.2 Å². The average Bonchev–Trinajstić information content (AvgIpc) is 2.68. The quantitative estimate of drug-likeness (QED) is 0.850. The minimum absolute atomic E-state index is 0.189. The summed E-state index contributed by atoms with van der Waals surface area (Å²) in [6.07, 6.45) is -5.34. The molecule has 0 amide bonds. The van der Waals surface area contributed by atoms with Crippen LogP contribution in [0.2, 0.25) is 0 Å². The van der Waals surface area contributed by atoms with E-state index in [0.29, 0.717) is 5.01 Å². The van der Waals surface area contributed by atoms with Gasteiger partial charge in [0.1, 0.15) is 0 Å². The molecule has 0 spiro atoms. The maximum Gasteiger partial charge on any atom is 0.438 e. The molecule has 1 N–H and O–H groups in total. The van der Waals surface area contributed by atoms with E-state index in [1.807, 2.05) is 0 Å². The lowest BCUT2D eigenvalue weighted by molar-refractivity contribution is -0.254. The molecule has 1 atom stereocenters. The first-order valence-electron chi connectivity index (χ1n) is 5.15. The highest BCUT2D eigenvalue weighted by Gasteiger charge is 2.61. The Kier molecular flexibility index (Phi) is 3.37. The van der Waals surface area contributed by atoms with E-state index in [2.05, 4.69) is 21.0 Å². The largest absolute Gasteiger partial charge is 0.438 e. The Bertz CT molecular complexity index is 463. The van der Waals surface area contributed by atoms with Gasteiger partial charge in [0, 0.05) is 11.8 Å². The van der Waals surface area contributed by atoms with Gasteiger partial charge in [-0.05, 0) is 12.1 Å². The molecule has 0 bridgehead atoms. The molecule has 0 aliphatic carbocycles. The number of hydrazone groups is 1. The topological polar surface area (TPSA) is 35.8 Å². The molecule has 1 heterocycles. The van der Waals surface area contributed by atoms with Crippen molar-refractivity contribution in [1.82, 2.24) is 0 Å². The van der Waals surface area contributed by atoms with Gasteiger partial charge in [-0.25, -0.2) is 5.01 Å². The van der Waals surface area contributed by atoms with E-state index in [0.717, 1.165) is 0 Å². The molecular weight excluding hydrogens is 313 g/mol. The Balaban J connectivity index is 2.44. The van der Waals surface area contributed by atoms with E-state index in [1.165, 1.54) is 12.1 Å². The Morgan fingerprint density at radius 1 is 1.33 bits per heavy atom. The lowest BCUT2D eigenvalue weighted by Crippen LogP contribution is -2.55. The SMILES string of the molecule is O[C@]1(C(F)(F)F)CC(CBr)=NN1c1ccccc1. The molecule has 1 aliphatic rings.